The summed E-state index contributed by atoms with van der Waals surface area (Å²) in [6.07, 6.45) is -9.07. The molecule has 0 amide bonds. The van der Waals surface area contributed by atoms with Crippen molar-refractivity contribution in [2.24, 2.45) is 0 Å². The molecular formula is C10H4F6S. The highest BCUT2D eigenvalue weighted by Crippen LogP contribution is 2.40. The van der Waals surface area contributed by atoms with Crippen LogP contribution in [0.3, 0.4) is 0 Å². The molecule has 1 aromatic carbocycles. The lowest BCUT2D eigenvalue weighted by molar-refractivity contribution is -0.137. The zero-order valence-electron chi connectivity index (χ0n) is 7.99. The first kappa shape index (κ1) is 12.2. The third-order valence-corrected chi connectivity index (χ3v) is 3.27. The van der Waals surface area contributed by atoms with Crippen molar-refractivity contribution >= 4 is 21.4 Å². The van der Waals surface area contributed by atoms with Crippen LogP contribution in [-0.4, -0.2) is 0 Å². The Balaban J connectivity index is 2.56. The van der Waals surface area contributed by atoms with Crippen molar-refractivity contribution in [3.8, 4) is 0 Å². The third-order valence-electron chi connectivity index (χ3n) is 2.13. The van der Waals surface area contributed by atoms with E-state index in [0.717, 1.165) is 24.3 Å². The fourth-order valence-corrected chi connectivity index (χ4v) is 2.32. The van der Waals surface area contributed by atoms with E-state index in [1.54, 1.807) is 0 Å². The number of halogens is 6. The lowest BCUT2D eigenvalue weighted by Gasteiger charge is -2.05. The number of alkyl halides is 6. The smallest absolute Gasteiger partial charge is 0.166 e. The third kappa shape index (κ3) is 2.38. The number of rotatable bonds is 0. The summed E-state index contributed by atoms with van der Waals surface area (Å²) in [7, 11) is 0. The van der Waals surface area contributed by atoms with Crippen LogP contribution in [0.5, 0.6) is 0 Å². The highest BCUT2D eigenvalue weighted by molar-refractivity contribution is 7.19. The second-order valence-electron chi connectivity index (χ2n) is 3.36. The van der Waals surface area contributed by atoms with E-state index in [9.17, 15) is 26.3 Å². The Morgan fingerprint density at radius 2 is 1.47 bits per heavy atom. The van der Waals surface area contributed by atoms with Gasteiger partial charge in [-0.05, 0) is 23.6 Å². The monoisotopic (exact) mass is 270 g/mol. The molecule has 2 aromatic rings. The van der Waals surface area contributed by atoms with Crippen molar-refractivity contribution in [1.82, 2.24) is 0 Å². The van der Waals surface area contributed by atoms with E-state index in [0.29, 0.717) is 11.3 Å². The van der Waals surface area contributed by atoms with Gasteiger partial charge in [-0.2, -0.15) is 26.3 Å². The van der Waals surface area contributed by atoms with Gasteiger partial charge in [-0.15, -0.1) is 11.3 Å². The van der Waals surface area contributed by atoms with Crippen LogP contribution in [0, 0.1) is 0 Å². The van der Waals surface area contributed by atoms with Crippen LogP contribution in [0.15, 0.2) is 24.3 Å². The van der Waals surface area contributed by atoms with E-state index >= 15 is 0 Å². The number of thiophene rings is 1. The summed E-state index contributed by atoms with van der Waals surface area (Å²) in [4.78, 5) is -0.896. The van der Waals surface area contributed by atoms with Gasteiger partial charge in [0, 0.05) is 4.70 Å². The zero-order chi connectivity index (χ0) is 12.8. The molecule has 17 heavy (non-hydrogen) atoms. The van der Waals surface area contributed by atoms with Crippen LogP contribution in [0.1, 0.15) is 10.4 Å². The molecule has 0 nitrogen and oxygen atoms in total. The Bertz CT molecular complexity index is 536. The van der Waals surface area contributed by atoms with Gasteiger partial charge in [0.2, 0.25) is 0 Å². The number of benzene rings is 1. The Hall–Kier alpha value is -1.24. The first-order chi connectivity index (χ1) is 7.68. The van der Waals surface area contributed by atoms with E-state index in [4.69, 9.17) is 0 Å². The van der Waals surface area contributed by atoms with Gasteiger partial charge in [0.1, 0.15) is 4.88 Å². The van der Waals surface area contributed by atoms with E-state index in [1.807, 2.05) is 0 Å². The molecular weight excluding hydrogens is 266 g/mol. The van der Waals surface area contributed by atoms with Crippen molar-refractivity contribution in [2.45, 2.75) is 12.4 Å². The van der Waals surface area contributed by atoms with Crippen LogP contribution < -0.4 is 0 Å². The molecule has 0 aliphatic carbocycles. The molecule has 2 rings (SSSR count). The maximum atomic E-state index is 12.3. The molecule has 7 heteroatoms. The van der Waals surface area contributed by atoms with E-state index in [2.05, 4.69) is 0 Å². The van der Waals surface area contributed by atoms with Crippen molar-refractivity contribution < 1.29 is 26.3 Å². The minimum absolute atomic E-state index is 0.0212. The predicted octanol–water partition coefficient (Wildman–Crippen LogP) is 4.94. The quantitative estimate of drug-likeness (QED) is 0.595. The molecule has 0 N–H and O–H groups in total. The molecule has 0 aliphatic rings. The lowest BCUT2D eigenvalue weighted by atomic mass is 10.1. The minimum Gasteiger partial charge on any atom is -0.166 e. The first-order valence-electron chi connectivity index (χ1n) is 4.36. The second kappa shape index (κ2) is 3.63. The van der Waals surface area contributed by atoms with Gasteiger partial charge in [-0.1, -0.05) is 6.07 Å². The van der Waals surface area contributed by atoms with Crippen molar-refractivity contribution in [1.29, 1.82) is 0 Å². The maximum absolute atomic E-state index is 12.3. The number of fused-ring (bicyclic) bond motifs is 1. The highest BCUT2D eigenvalue weighted by Gasteiger charge is 2.34. The molecule has 1 aromatic heterocycles. The molecule has 1 heterocycles. The van der Waals surface area contributed by atoms with E-state index in [-0.39, 0.29) is 10.1 Å². The summed E-state index contributed by atoms with van der Waals surface area (Å²) < 4.78 is 74.0. The highest BCUT2D eigenvalue weighted by atomic mass is 32.1. The second-order valence-corrected chi connectivity index (χ2v) is 4.44. The molecule has 0 radical (unpaired) electrons. The van der Waals surface area contributed by atoms with Crippen LogP contribution in [-0.2, 0) is 12.4 Å². The molecule has 0 aliphatic heterocycles. The fourth-order valence-electron chi connectivity index (χ4n) is 1.35. The Morgan fingerprint density at radius 3 is 2.00 bits per heavy atom. The average molecular weight is 270 g/mol. The Kier molecular flexibility index (Phi) is 2.61. The van der Waals surface area contributed by atoms with E-state index < -0.39 is 22.8 Å². The Morgan fingerprint density at radius 1 is 0.824 bits per heavy atom. The van der Waals surface area contributed by atoms with Crippen LogP contribution in [0.2, 0.25) is 0 Å². The molecule has 0 bridgehead atoms. The normalized spacial score (nSPS) is 13.3. The van der Waals surface area contributed by atoms with Gasteiger partial charge in [-0.25, -0.2) is 0 Å². The molecule has 0 saturated carbocycles. The topological polar surface area (TPSA) is 0 Å². The molecule has 0 spiro atoms. The summed E-state index contributed by atoms with van der Waals surface area (Å²) in [6, 6.07) is 3.40. The zero-order valence-corrected chi connectivity index (χ0v) is 8.80. The summed E-state index contributed by atoms with van der Waals surface area (Å²) in [6.45, 7) is 0. The first-order valence-corrected chi connectivity index (χ1v) is 5.17. The molecule has 0 atom stereocenters. The molecule has 0 unspecified atom stereocenters. The van der Waals surface area contributed by atoms with Gasteiger partial charge in [0.25, 0.3) is 0 Å². The largest absolute Gasteiger partial charge is 0.425 e. The summed E-state index contributed by atoms with van der Waals surface area (Å²) >= 11 is 0.309. The van der Waals surface area contributed by atoms with E-state index in [1.165, 1.54) is 0 Å². The standard InChI is InChI=1S/C10H4F6S/c11-9(12,13)6-2-1-5-3-8(10(14,15)16)17-7(5)4-6/h1-4H. The summed E-state index contributed by atoms with van der Waals surface area (Å²) in [5.74, 6) is 0. The molecule has 0 fully saturated rings. The minimum atomic E-state index is -4.55. The van der Waals surface area contributed by atoms with Crippen LogP contribution in [0.25, 0.3) is 10.1 Å². The number of hydrogen-bond acceptors (Lipinski definition) is 1. The van der Waals surface area contributed by atoms with Gasteiger partial charge in [0.15, 0.2) is 0 Å². The lowest BCUT2D eigenvalue weighted by Crippen LogP contribution is -2.03. The summed E-state index contributed by atoms with van der Waals surface area (Å²) in [5, 5.41) is 0.162. The van der Waals surface area contributed by atoms with Crippen molar-refractivity contribution in [2.75, 3.05) is 0 Å². The molecule has 92 valence electrons. The number of hydrogen-bond donors (Lipinski definition) is 0. The molecule has 0 saturated heterocycles. The van der Waals surface area contributed by atoms with Gasteiger partial charge >= 0.3 is 12.4 Å². The Labute approximate surface area is 95.5 Å². The summed E-state index contributed by atoms with van der Waals surface area (Å²) in [5.41, 5.74) is -0.944. The predicted molar refractivity (Wildman–Crippen MR) is 51.8 cm³/mol. The fraction of sp³-hybridized carbons (Fsp3) is 0.200. The van der Waals surface area contributed by atoms with Crippen LogP contribution in [0.4, 0.5) is 26.3 Å². The van der Waals surface area contributed by atoms with Gasteiger partial charge < -0.3 is 0 Å². The van der Waals surface area contributed by atoms with Gasteiger partial charge in [0.05, 0.1) is 5.56 Å². The van der Waals surface area contributed by atoms with Crippen molar-refractivity contribution in [3.63, 3.8) is 0 Å². The maximum Gasteiger partial charge on any atom is 0.425 e. The average Bonchev–Trinajstić information content (AvgIpc) is 2.57. The SMILES string of the molecule is FC(F)(F)c1ccc2cc(C(F)(F)F)sc2c1. The van der Waals surface area contributed by atoms with Gasteiger partial charge in [-0.3, -0.25) is 0 Å². The van der Waals surface area contributed by atoms with Crippen molar-refractivity contribution in [3.05, 3.63) is 34.7 Å². The van der Waals surface area contributed by atoms with Crippen LogP contribution >= 0.6 is 11.3 Å².